The second kappa shape index (κ2) is 8.43. The first-order chi connectivity index (χ1) is 13.8. The summed E-state index contributed by atoms with van der Waals surface area (Å²) >= 11 is 0. The molecule has 2 aliphatic rings. The van der Waals surface area contributed by atoms with Gasteiger partial charge < -0.3 is 10.1 Å². The number of hydrogen-bond donors (Lipinski definition) is 1. The van der Waals surface area contributed by atoms with Crippen molar-refractivity contribution in [3.05, 3.63) is 29.8 Å². The highest BCUT2D eigenvalue weighted by molar-refractivity contribution is 6.08. The average molecular weight is 397 g/mol. The third kappa shape index (κ3) is 4.14. The first kappa shape index (κ1) is 20.5. The number of ether oxygens (including phenoxy) is 1. The molecule has 1 heterocycles. The largest absolute Gasteiger partial charge is 0.451 e. The van der Waals surface area contributed by atoms with E-state index in [0.717, 1.165) is 17.7 Å². The standard InChI is InChI=1S/C21H23N3O5/c1-12(24-19(26)16-5-3-4-6-17(16)20(24)27)21(28)29-13(2)18(25)23-15-9-7-14(11-22)8-10-15/h7-10,12-13,16-17H,3-6H2,1-2H3,(H,23,25)/t12-,13+,16-,17+/m0/s1. The molecule has 1 N–H and O–H groups in total. The van der Waals surface area contributed by atoms with E-state index < -0.39 is 24.0 Å². The third-order valence-electron chi connectivity index (χ3n) is 5.55. The third-order valence-corrected chi connectivity index (χ3v) is 5.55. The van der Waals surface area contributed by atoms with Crippen LogP contribution in [0.2, 0.25) is 0 Å². The van der Waals surface area contributed by atoms with Crippen LogP contribution in [0.5, 0.6) is 0 Å². The van der Waals surface area contributed by atoms with Gasteiger partial charge in [0.25, 0.3) is 5.91 Å². The van der Waals surface area contributed by atoms with E-state index in [1.165, 1.54) is 13.8 Å². The Morgan fingerprint density at radius 1 is 1.10 bits per heavy atom. The van der Waals surface area contributed by atoms with Gasteiger partial charge in [-0.15, -0.1) is 0 Å². The molecular formula is C21H23N3O5. The zero-order chi connectivity index (χ0) is 21.1. The second-order valence-electron chi connectivity index (χ2n) is 7.48. The van der Waals surface area contributed by atoms with Crippen molar-refractivity contribution in [2.75, 3.05) is 5.32 Å². The number of carbonyl (C=O) groups is 4. The molecule has 4 atom stereocenters. The van der Waals surface area contributed by atoms with Gasteiger partial charge in [0.1, 0.15) is 6.04 Å². The van der Waals surface area contributed by atoms with Gasteiger partial charge in [0.15, 0.2) is 6.10 Å². The maximum absolute atomic E-state index is 12.6. The number of nitrogens with zero attached hydrogens (tertiary/aromatic N) is 2. The summed E-state index contributed by atoms with van der Waals surface area (Å²) in [4.78, 5) is 51.0. The summed E-state index contributed by atoms with van der Waals surface area (Å²) in [7, 11) is 0. The molecule has 152 valence electrons. The van der Waals surface area contributed by atoms with Crippen LogP contribution in [0.15, 0.2) is 24.3 Å². The normalized spacial score (nSPS) is 23.0. The first-order valence-electron chi connectivity index (χ1n) is 9.72. The molecule has 3 amide bonds. The molecule has 1 aliphatic heterocycles. The van der Waals surface area contributed by atoms with Crippen LogP contribution in [-0.2, 0) is 23.9 Å². The van der Waals surface area contributed by atoms with Crippen LogP contribution in [0.25, 0.3) is 0 Å². The molecule has 1 saturated carbocycles. The highest BCUT2D eigenvalue weighted by Crippen LogP contribution is 2.38. The summed E-state index contributed by atoms with van der Waals surface area (Å²) in [5.41, 5.74) is 0.913. The van der Waals surface area contributed by atoms with Crippen molar-refractivity contribution < 1.29 is 23.9 Å². The molecule has 1 aliphatic carbocycles. The molecule has 1 aromatic rings. The number of benzene rings is 1. The van der Waals surface area contributed by atoms with Crippen LogP contribution >= 0.6 is 0 Å². The fourth-order valence-electron chi connectivity index (χ4n) is 3.87. The molecule has 0 radical (unpaired) electrons. The van der Waals surface area contributed by atoms with Gasteiger partial charge in [0.2, 0.25) is 11.8 Å². The lowest BCUT2D eigenvalue weighted by Gasteiger charge is -2.23. The number of likely N-dealkylation sites (tertiary alicyclic amines) is 1. The lowest BCUT2D eigenvalue weighted by atomic mass is 9.81. The Morgan fingerprint density at radius 2 is 1.66 bits per heavy atom. The van der Waals surface area contributed by atoms with Gasteiger partial charge in [-0.2, -0.15) is 5.26 Å². The van der Waals surface area contributed by atoms with Crippen LogP contribution < -0.4 is 5.32 Å². The SMILES string of the molecule is C[C@@H](OC(=O)[C@H](C)N1C(=O)[C@H]2CCCC[C@H]2C1=O)C(=O)Nc1ccc(C#N)cc1. The fourth-order valence-corrected chi connectivity index (χ4v) is 3.87. The molecule has 2 fully saturated rings. The Morgan fingerprint density at radius 3 is 2.17 bits per heavy atom. The molecule has 0 bridgehead atoms. The Hall–Kier alpha value is -3.21. The van der Waals surface area contributed by atoms with Crippen LogP contribution in [0.1, 0.15) is 45.1 Å². The summed E-state index contributed by atoms with van der Waals surface area (Å²) in [5, 5.41) is 11.4. The number of anilines is 1. The molecule has 29 heavy (non-hydrogen) atoms. The summed E-state index contributed by atoms with van der Waals surface area (Å²) < 4.78 is 5.20. The number of hydrogen-bond acceptors (Lipinski definition) is 6. The molecular weight excluding hydrogens is 374 g/mol. The maximum atomic E-state index is 12.6. The number of carbonyl (C=O) groups excluding carboxylic acids is 4. The van der Waals surface area contributed by atoms with E-state index >= 15 is 0 Å². The molecule has 0 spiro atoms. The zero-order valence-corrected chi connectivity index (χ0v) is 16.4. The summed E-state index contributed by atoms with van der Waals surface area (Å²) in [6, 6.07) is 7.14. The second-order valence-corrected chi connectivity index (χ2v) is 7.48. The van der Waals surface area contributed by atoms with Gasteiger partial charge in [-0.25, -0.2) is 4.79 Å². The van der Waals surface area contributed by atoms with Gasteiger partial charge in [-0.1, -0.05) is 12.8 Å². The van der Waals surface area contributed by atoms with Crippen LogP contribution in [-0.4, -0.2) is 40.7 Å². The predicted octanol–water partition coefficient (Wildman–Crippen LogP) is 1.99. The fraction of sp³-hybridized carbons (Fsp3) is 0.476. The summed E-state index contributed by atoms with van der Waals surface area (Å²) in [6.07, 6.45) is 2.02. The van der Waals surface area contributed by atoms with Gasteiger partial charge in [-0.05, 0) is 51.0 Å². The van der Waals surface area contributed by atoms with Crippen molar-refractivity contribution >= 4 is 29.4 Å². The van der Waals surface area contributed by atoms with Crippen LogP contribution in [0, 0.1) is 23.2 Å². The number of esters is 1. The number of amides is 3. The molecule has 1 aromatic carbocycles. The van der Waals surface area contributed by atoms with Crippen molar-refractivity contribution in [1.82, 2.24) is 4.90 Å². The minimum absolute atomic E-state index is 0.321. The van der Waals surface area contributed by atoms with Crippen molar-refractivity contribution in [2.45, 2.75) is 51.7 Å². The zero-order valence-electron chi connectivity index (χ0n) is 16.4. The summed E-state index contributed by atoms with van der Waals surface area (Å²) in [5.74, 6) is -2.68. The van der Waals surface area contributed by atoms with Crippen molar-refractivity contribution in [3.8, 4) is 6.07 Å². The van der Waals surface area contributed by atoms with E-state index in [-0.39, 0.29) is 23.7 Å². The van der Waals surface area contributed by atoms with Gasteiger partial charge in [0.05, 0.1) is 23.5 Å². The van der Waals surface area contributed by atoms with Crippen LogP contribution in [0.3, 0.4) is 0 Å². The smallest absolute Gasteiger partial charge is 0.329 e. The van der Waals surface area contributed by atoms with Crippen LogP contribution in [0.4, 0.5) is 5.69 Å². The first-order valence-corrected chi connectivity index (χ1v) is 9.72. The Kier molecular flexibility index (Phi) is 5.97. The number of nitriles is 1. The number of rotatable bonds is 5. The number of fused-ring (bicyclic) bond motifs is 1. The predicted molar refractivity (Wildman–Crippen MR) is 102 cm³/mol. The molecule has 3 rings (SSSR count). The topological polar surface area (TPSA) is 117 Å². The Balaban J connectivity index is 1.59. The Labute approximate surface area is 168 Å². The van der Waals surface area contributed by atoms with Gasteiger partial charge >= 0.3 is 5.97 Å². The minimum Gasteiger partial charge on any atom is -0.451 e. The van der Waals surface area contributed by atoms with E-state index in [1.54, 1.807) is 24.3 Å². The van der Waals surface area contributed by atoms with Crippen molar-refractivity contribution in [1.29, 1.82) is 5.26 Å². The molecule has 0 unspecified atom stereocenters. The van der Waals surface area contributed by atoms with Crippen molar-refractivity contribution in [2.24, 2.45) is 11.8 Å². The molecule has 8 heteroatoms. The number of imide groups is 1. The molecule has 8 nitrogen and oxygen atoms in total. The quantitative estimate of drug-likeness (QED) is 0.600. The molecule has 1 saturated heterocycles. The number of nitrogens with one attached hydrogen (secondary N) is 1. The summed E-state index contributed by atoms with van der Waals surface area (Å²) in [6.45, 7) is 2.86. The minimum atomic E-state index is -1.12. The van der Waals surface area contributed by atoms with E-state index in [9.17, 15) is 19.2 Å². The highest BCUT2D eigenvalue weighted by atomic mass is 16.5. The lowest BCUT2D eigenvalue weighted by molar-refractivity contribution is -0.163. The van der Waals surface area contributed by atoms with E-state index in [2.05, 4.69) is 5.32 Å². The Bertz CT molecular complexity index is 849. The van der Waals surface area contributed by atoms with Gasteiger partial charge in [0, 0.05) is 5.69 Å². The average Bonchev–Trinajstić information content (AvgIpc) is 2.98. The highest BCUT2D eigenvalue weighted by Gasteiger charge is 2.51. The lowest BCUT2D eigenvalue weighted by Crippen LogP contribution is -2.46. The van der Waals surface area contributed by atoms with Gasteiger partial charge in [-0.3, -0.25) is 19.3 Å². The molecule has 0 aromatic heterocycles. The van der Waals surface area contributed by atoms with E-state index in [0.29, 0.717) is 24.1 Å². The maximum Gasteiger partial charge on any atom is 0.329 e. The van der Waals surface area contributed by atoms with Crippen molar-refractivity contribution in [3.63, 3.8) is 0 Å². The monoisotopic (exact) mass is 397 g/mol. The van der Waals surface area contributed by atoms with E-state index in [1.807, 2.05) is 6.07 Å². The van der Waals surface area contributed by atoms with E-state index in [4.69, 9.17) is 10.00 Å².